The second kappa shape index (κ2) is 4.80. The molecule has 0 atom stereocenters. The summed E-state index contributed by atoms with van der Waals surface area (Å²) in [5.74, 6) is 0. The lowest BCUT2D eigenvalue weighted by molar-refractivity contribution is 0.149. The van der Waals surface area contributed by atoms with Gasteiger partial charge >= 0.3 is 0 Å². The van der Waals surface area contributed by atoms with E-state index in [0.717, 1.165) is 0 Å². The van der Waals surface area contributed by atoms with E-state index in [1.807, 2.05) is 6.07 Å². The molecular formula is C10H11F2N3. The molecular weight excluding hydrogens is 200 g/mol. The third kappa shape index (κ3) is 2.28. The zero-order valence-electron chi connectivity index (χ0n) is 8.30. The molecule has 1 heterocycles. The second-order valence-electron chi connectivity index (χ2n) is 3.11. The third-order valence-electron chi connectivity index (χ3n) is 2.24. The average molecular weight is 211 g/mol. The van der Waals surface area contributed by atoms with E-state index in [9.17, 15) is 8.78 Å². The van der Waals surface area contributed by atoms with Crippen molar-refractivity contribution >= 4 is 0 Å². The highest BCUT2D eigenvalue weighted by Gasteiger charge is 2.18. The van der Waals surface area contributed by atoms with E-state index >= 15 is 0 Å². The molecule has 0 saturated carbocycles. The molecule has 15 heavy (non-hydrogen) atoms. The smallest absolute Gasteiger partial charge is 0.264 e. The molecule has 0 amide bonds. The Morgan fingerprint density at radius 2 is 2.27 bits per heavy atom. The van der Waals surface area contributed by atoms with Gasteiger partial charge in [0.05, 0.1) is 18.2 Å². The van der Waals surface area contributed by atoms with Crippen LogP contribution in [0, 0.1) is 18.3 Å². The lowest BCUT2D eigenvalue weighted by Crippen LogP contribution is -2.08. The summed E-state index contributed by atoms with van der Waals surface area (Å²) >= 11 is 0. The maximum absolute atomic E-state index is 12.7. The lowest BCUT2D eigenvalue weighted by Gasteiger charge is -2.12. The summed E-state index contributed by atoms with van der Waals surface area (Å²) in [6.07, 6.45) is -1.22. The fourth-order valence-electron chi connectivity index (χ4n) is 1.44. The summed E-state index contributed by atoms with van der Waals surface area (Å²) in [7, 11) is 0. The minimum absolute atomic E-state index is 0.0281. The van der Waals surface area contributed by atoms with Gasteiger partial charge < -0.3 is 5.73 Å². The average Bonchev–Trinajstić information content (AvgIpc) is 2.20. The molecule has 1 rings (SSSR count). The van der Waals surface area contributed by atoms with Crippen LogP contribution in [-0.2, 0) is 13.0 Å². The monoisotopic (exact) mass is 211 g/mol. The van der Waals surface area contributed by atoms with Crippen molar-refractivity contribution in [3.05, 3.63) is 28.6 Å². The molecule has 0 aliphatic rings. The summed E-state index contributed by atoms with van der Waals surface area (Å²) in [4.78, 5) is 3.95. The molecule has 0 radical (unpaired) electrons. The zero-order valence-corrected chi connectivity index (χ0v) is 8.30. The Bertz CT molecular complexity index is 396. The normalized spacial score (nSPS) is 10.4. The van der Waals surface area contributed by atoms with Crippen molar-refractivity contribution in [3.63, 3.8) is 0 Å². The molecule has 1 aromatic heterocycles. The highest BCUT2D eigenvalue weighted by molar-refractivity contribution is 5.37. The maximum Gasteiger partial charge on any atom is 0.264 e. The number of rotatable bonds is 3. The van der Waals surface area contributed by atoms with Crippen LogP contribution in [-0.4, -0.2) is 4.98 Å². The van der Waals surface area contributed by atoms with E-state index in [1.165, 1.54) is 6.20 Å². The first kappa shape index (κ1) is 11.5. The van der Waals surface area contributed by atoms with Gasteiger partial charge in [-0.15, -0.1) is 0 Å². The largest absolute Gasteiger partial charge is 0.326 e. The first-order chi connectivity index (χ1) is 7.11. The number of pyridine rings is 1. The van der Waals surface area contributed by atoms with Gasteiger partial charge in [0.25, 0.3) is 6.43 Å². The number of nitriles is 1. The van der Waals surface area contributed by atoms with Crippen LogP contribution >= 0.6 is 0 Å². The van der Waals surface area contributed by atoms with Crippen LogP contribution in [0.15, 0.2) is 6.20 Å². The third-order valence-corrected chi connectivity index (χ3v) is 2.24. The van der Waals surface area contributed by atoms with Crippen LogP contribution < -0.4 is 5.73 Å². The number of nitrogens with zero attached hydrogens (tertiary/aromatic N) is 2. The van der Waals surface area contributed by atoms with Crippen molar-refractivity contribution in [1.82, 2.24) is 4.98 Å². The molecule has 0 spiro atoms. The van der Waals surface area contributed by atoms with Gasteiger partial charge in [-0.05, 0) is 18.1 Å². The Kier molecular flexibility index (Phi) is 3.69. The van der Waals surface area contributed by atoms with E-state index < -0.39 is 6.43 Å². The minimum Gasteiger partial charge on any atom is -0.326 e. The van der Waals surface area contributed by atoms with Crippen molar-refractivity contribution in [3.8, 4) is 6.07 Å². The van der Waals surface area contributed by atoms with Crippen LogP contribution in [0.5, 0.6) is 0 Å². The number of hydrogen-bond donors (Lipinski definition) is 1. The van der Waals surface area contributed by atoms with Crippen molar-refractivity contribution in [1.29, 1.82) is 5.26 Å². The number of halogens is 2. The van der Waals surface area contributed by atoms with Gasteiger partial charge in [-0.25, -0.2) is 8.78 Å². The summed E-state index contributed by atoms with van der Waals surface area (Å²) in [5, 5.41) is 8.50. The van der Waals surface area contributed by atoms with Crippen LogP contribution in [0.2, 0.25) is 0 Å². The Balaban J connectivity index is 3.30. The Labute approximate surface area is 86.5 Å². The molecule has 0 bridgehead atoms. The Morgan fingerprint density at radius 1 is 1.60 bits per heavy atom. The molecule has 1 aromatic rings. The fourth-order valence-corrected chi connectivity index (χ4v) is 1.44. The molecule has 0 fully saturated rings. The predicted molar refractivity (Wildman–Crippen MR) is 51.1 cm³/mol. The highest BCUT2D eigenvalue weighted by Crippen LogP contribution is 2.27. The van der Waals surface area contributed by atoms with Gasteiger partial charge in [0.1, 0.15) is 0 Å². The van der Waals surface area contributed by atoms with Gasteiger partial charge in [-0.2, -0.15) is 5.26 Å². The Hall–Kier alpha value is -1.54. The summed E-state index contributed by atoms with van der Waals surface area (Å²) in [6, 6.07) is 1.89. The number of aromatic nitrogens is 1. The Morgan fingerprint density at radius 3 is 2.73 bits per heavy atom. The van der Waals surface area contributed by atoms with Gasteiger partial charge in [0.2, 0.25) is 0 Å². The van der Waals surface area contributed by atoms with Gasteiger partial charge in [-0.1, -0.05) is 0 Å². The van der Waals surface area contributed by atoms with Gasteiger partial charge in [-0.3, -0.25) is 4.98 Å². The highest BCUT2D eigenvalue weighted by atomic mass is 19.3. The topological polar surface area (TPSA) is 62.7 Å². The molecule has 5 heteroatoms. The van der Waals surface area contributed by atoms with Crippen LogP contribution in [0.4, 0.5) is 8.78 Å². The molecule has 0 aromatic carbocycles. The van der Waals surface area contributed by atoms with E-state index in [2.05, 4.69) is 4.98 Å². The molecule has 2 N–H and O–H groups in total. The van der Waals surface area contributed by atoms with Gasteiger partial charge in [0, 0.05) is 18.3 Å². The lowest BCUT2D eigenvalue weighted by atomic mass is 10.0. The van der Waals surface area contributed by atoms with E-state index in [0.29, 0.717) is 16.8 Å². The molecule has 0 aliphatic carbocycles. The molecule has 0 unspecified atom stereocenters. The van der Waals surface area contributed by atoms with E-state index in [4.69, 9.17) is 11.0 Å². The standard InChI is InChI=1S/C10H11F2N3/c1-6-8(2-3-13)15-5-7(4-14)9(6)10(11)12/h5,10H,2,4,14H2,1H3. The van der Waals surface area contributed by atoms with E-state index in [1.54, 1.807) is 6.92 Å². The van der Waals surface area contributed by atoms with Gasteiger partial charge in [0.15, 0.2) is 0 Å². The molecule has 3 nitrogen and oxygen atoms in total. The number of nitrogens with two attached hydrogens (primary N) is 1. The SMILES string of the molecule is Cc1c(CC#N)ncc(CN)c1C(F)F. The number of hydrogen-bond acceptors (Lipinski definition) is 3. The minimum atomic E-state index is -2.58. The first-order valence-electron chi connectivity index (χ1n) is 4.44. The van der Waals surface area contributed by atoms with Crippen molar-refractivity contribution < 1.29 is 8.78 Å². The van der Waals surface area contributed by atoms with Crippen molar-refractivity contribution in [2.45, 2.75) is 26.3 Å². The van der Waals surface area contributed by atoms with Crippen molar-refractivity contribution in [2.24, 2.45) is 5.73 Å². The van der Waals surface area contributed by atoms with Crippen LogP contribution in [0.3, 0.4) is 0 Å². The van der Waals surface area contributed by atoms with Crippen LogP contribution in [0.1, 0.15) is 28.8 Å². The zero-order chi connectivity index (χ0) is 11.4. The molecule has 0 saturated heterocycles. The first-order valence-corrected chi connectivity index (χ1v) is 4.44. The van der Waals surface area contributed by atoms with E-state index in [-0.39, 0.29) is 18.5 Å². The molecule has 80 valence electrons. The maximum atomic E-state index is 12.7. The summed E-state index contributed by atoms with van der Waals surface area (Å²) in [5.41, 5.74) is 6.36. The molecule has 0 aliphatic heterocycles. The number of alkyl halides is 2. The fraction of sp³-hybridized carbons (Fsp3) is 0.400. The summed E-state index contributed by atoms with van der Waals surface area (Å²) < 4.78 is 25.5. The quantitative estimate of drug-likeness (QED) is 0.829. The van der Waals surface area contributed by atoms with Crippen LogP contribution in [0.25, 0.3) is 0 Å². The second-order valence-corrected chi connectivity index (χ2v) is 3.11. The predicted octanol–water partition coefficient (Wildman–Crippen LogP) is 1.85. The van der Waals surface area contributed by atoms with Crippen molar-refractivity contribution in [2.75, 3.05) is 0 Å². The summed E-state index contributed by atoms with van der Waals surface area (Å²) in [6.45, 7) is 1.57.